The smallest absolute Gasteiger partial charge is 0.124 e. The van der Waals surface area contributed by atoms with Crippen molar-refractivity contribution in [3.8, 4) is 11.5 Å². The highest BCUT2D eigenvalue weighted by molar-refractivity contribution is 6.30. The van der Waals surface area contributed by atoms with Gasteiger partial charge in [-0.05, 0) is 42.8 Å². The Morgan fingerprint density at radius 3 is 2.50 bits per heavy atom. The van der Waals surface area contributed by atoms with Crippen molar-refractivity contribution >= 4 is 17.3 Å². The van der Waals surface area contributed by atoms with Crippen LogP contribution in [0.15, 0.2) is 36.4 Å². The van der Waals surface area contributed by atoms with Crippen molar-refractivity contribution in [1.82, 2.24) is 4.90 Å². The molecule has 0 aromatic heterocycles. The second-order valence-electron chi connectivity index (χ2n) is 7.57. The van der Waals surface area contributed by atoms with Gasteiger partial charge in [0.1, 0.15) is 11.5 Å². The zero-order chi connectivity index (χ0) is 21.5. The quantitative estimate of drug-likeness (QED) is 0.653. The van der Waals surface area contributed by atoms with E-state index in [1.807, 2.05) is 30.3 Å². The van der Waals surface area contributed by atoms with Crippen LogP contribution in [0.5, 0.6) is 11.5 Å². The molecule has 0 amide bonds. The summed E-state index contributed by atoms with van der Waals surface area (Å²) in [7, 11) is 3.26. The van der Waals surface area contributed by atoms with E-state index in [-0.39, 0.29) is 6.61 Å². The maximum atomic E-state index is 10.4. The Bertz CT molecular complexity index is 825. The van der Waals surface area contributed by atoms with Crippen molar-refractivity contribution < 1.29 is 19.3 Å². The van der Waals surface area contributed by atoms with Gasteiger partial charge in [0.25, 0.3) is 0 Å². The number of nitrogens with zero attached hydrogens (tertiary/aromatic N) is 2. The highest BCUT2D eigenvalue weighted by Gasteiger charge is 2.21. The summed E-state index contributed by atoms with van der Waals surface area (Å²) in [6.45, 7) is 6.95. The molecule has 0 unspecified atom stereocenters. The highest BCUT2D eigenvalue weighted by atomic mass is 35.5. The van der Waals surface area contributed by atoms with Crippen LogP contribution >= 0.6 is 11.6 Å². The molecule has 0 saturated carbocycles. The summed E-state index contributed by atoms with van der Waals surface area (Å²) in [4.78, 5) is 4.63. The molecule has 1 heterocycles. The first kappa shape index (κ1) is 22.7. The average molecular weight is 435 g/mol. The SMILES string of the molecule is COc1ccc(OC)c(COC[C@@H](O)CN2CCN(c3cc(Cl)ccc3C)CC2)c1. The molecule has 1 atom stereocenters. The van der Waals surface area contributed by atoms with Crippen LogP contribution in [0.1, 0.15) is 11.1 Å². The lowest BCUT2D eigenvalue weighted by Crippen LogP contribution is -2.49. The average Bonchev–Trinajstić information content (AvgIpc) is 2.76. The van der Waals surface area contributed by atoms with Crippen LogP contribution in [-0.4, -0.2) is 69.7 Å². The molecule has 1 saturated heterocycles. The minimum absolute atomic E-state index is 0.272. The third-order valence-corrected chi connectivity index (χ3v) is 5.64. The molecule has 7 heteroatoms. The van der Waals surface area contributed by atoms with Gasteiger partial charge in [0.2, 0.25) is 0 Å². The first-order chi connectivity index (χ1) is 14.5. The van der Waals surface area contributed by atoms with E-state index in [4.69, 9.17) is 25.8 Å². The fraction of sp³-hybridized carbons (Fsp3) is 0.478. The third kappa shape index (κ3) is 6.01. The van der Waals surface area contributed by atoms with Gasteiger partial charge in [-0.15, -0.1) is 0 Å². The van der Waals surface area contributed by atoms with Crippen LogP contribution in [0.2, 0.25) is 5.02 Å². The molecule has 1 aliphatic rings. The van der Waals surface area contributed by atoms with Crippen molar-refractivity contribution in [2.45, 2.75) is 19.6 Å². The maximum Gasteiger partial charge on any atom is 0.124 e. The number of methoxy groups -OCH3 is 2. The summed E-state index contributed by atoms with van der Waals surface area (Å²) in [5.41, 5.74) is 3.32. The summed E-state index contributed by atoms with van der Waals surface area (Å²) in [5, 5.41) is 11.2. The molecule has 0 aliphatic carbocycles. The number of anilines is 1. The van der Waals surface area contributed by atoms with Crippen molar-refractivity contribution in [3.05, 3.63) is 52.5 Å². The number of rotatable bonds is 9. The molecule has 2 aromatic carbocycles. The van der Waals surface area contributed by atoms with Gasteiger partial charge in [-0.3, -0.25) is 4.90 Å². The van der Waals surface area contributed by atoms with Crippen LogP contribution in [0.3, 0.4) is 0 Å². The molecule has 0 bridgehead atoms. The Hall–Kier alpha value is -1.99. The number of aliphatic hydroxyl groups excluding tert-OH is 1. The number of aliphatic hydroxyl groups is 1. The van der Waals surface area contributed by atoms with Crippen molar-refractivity contribution in [2.75, 3.05) is 58.5 Å². The standard InChI is InChI=1S/C23H31ClN2O4/c1-17-4-5-19(24)13-22(17)26-10-8-25(9-11-26)14-20(27)16-30-15-18-12-21(28-2)6-7-23(18)29-3/h4-7,12-13,20,27H,8-11,14-16H2,1-3H3/t20-/m0/s1. The lowest BCUT2D eigenvalue weighted by atomic mass is 10.1. The van der Waals surface area contributed by atoms with Crippen LogP contribution in [0.25, 0.3) is 0 Å². The fourth-order valence-corrected chi connectivity index (χ4v) is 3.91. The van der Waals surface area contributed by atoms with Crippen LogP contribution < -0.4 is 14.4 Å². The zero-order valence-corrected chi connectivity index (χ0v) is 18.7. The lowest BCUT2D eigenvalue weighted by molar-refractivity contribution is 0.00862. The number of β-amino-alcohol motifs (C(OH)–C–C–N with tert-alkyl or cyclic N) is 1. The zero-order valence-electron chi connectivity index (χ0n) is 17.9. The Labute approximate surface area is 183 Å². The molecule has 164 valence electrons. The predicted octanol–water partition coefficient (Wildman–Crippen LogP) is 3.37. The largest absolute Gasteiger partial charge is 0.497 e. The second-order valence-corrected chi connectivity index (χ2v) is 8.00. The molecule has 1 N–H and O–H groups in total. The predicted molar refractivity (Wildman–Crippen MR) is 120 cm³/mol. The van der Waals surface area contributed by atoms with Crippen LogP contribution in [-0.2, 0) is 11.3 Å². The third-order valence-electron chi connectivity index (χ3n) is 5.41. The van der Waals surface area contributed by atoms with E-state index >= 15 is 0 Å². The lowest BCUT2D eigenvalue weighted by Gasteiger charge is -2.37. The fourth-order valence-electron chi connectivity index (χ4n) is 3.74. The van der Waals surface area contributed by atoms with Gasteiger partial charge < -0.3 is 24.2 Å². The number of benzene rings is 2. The number of halogens is 1. The van der Waals surface area contributed by atoms with E-state index in [1.165, 1.54) is 11.3 Å². The molecule has 1 fully saturated rings. The normalized spacial score (nSPS) is 15.8. The van der Waals surface area contributed by atoms with Gasteiger partial charge in [0.05, 0.1) is 33.5 Å². The molecule has 0 spiro atoms. The van der Waals surface area contributed by atoms with Crippen molar-refractivity contribution in [3.63, 3.8) is 0 Å². The molecule has 3 rings (SSSR count). The summed E-state index contributed by atoms with van der Waals surface area (Å²) in [5.74, 6) is 1.50. The maximum absolute atomic E-state index is 10.4. The highest BCUT2D eigenvalue weighted by Crippen LogP contribution is 2.26. The monoisotopic (exact) mass is 434 g/mol. The van der Waals surface area contributed by atoms with Crippen molar-refractivity contribution in [2.24, 2.45) is 0 Å². The first-order valence-corrected chi connectivity index (χ1v) is 10.6. The van der Waals surface area contributed by atoms with Gasteiger partial charge in [0, 0.05) is 49.0 Å². The van der Waals surface area contributed by atoms with Gasteiger partial charge in [-0.25, -0.2) is 0 Å². The van der Waals surface area contributed by atoms with Crippen LogP contribution in [0.4, 0.5) is 5.69 Å². The number of hydrogen-bond acceptors (Lipinski definition) is 6. The van der Waals surface area contributed by atoms with E-state index in [2.05, 4.69) is 22.8 Å². The molecule has 1 aliphatic heterocycles. The molecule has 6 nitrogen and oxygen atoms in total. The first-order valence-electron chi connectivity index (χ1n) is 10.2. The number of aryl methyl sites for hydroxylation is 1. The van der Waals surface area contributed by atoms with E-state index in [0.717, 1.165) is 48.3 Å². The van der Waals surface area contributed by atoms with E-state index in [1.54, 1.807) is 14.2 Å². The minimum atomic E-state index is -0.541. The molecule has 2 aromatic rings. The molecule has 0 radical (unpaired) electrons. The van der Waals surface area contributed by atoms with E-state index in [9.17, 15) is 5.11 Å². The van der Waals surface area contributed by atoms with Gasteiger partial charge in [-0.1, -0.05) is 17.7 Å². The number of ether oxygens (including phenoxy) is 3. The summed E-state index contributed by atoms with van der Waals surface area (Å²) in [6, 6.07) is 11.6. The number of piperazine rings is 1. The van der Waals surface area contributed by atoms with E-state index in [0.29, 0.717) is 13.2 Å². The van der Waals surface area contributed by atoms with Crippen LogP contribution in [0, 0.1) is 6.92 Å². The minimum Gasteiger partial charge on any atom is -0.497 e. The van der Waals surface area contributed by atoms with E-state index < -0.39 is 6.10 Å². The van der Waals surface area contributed by atoms with Gasteiger partial charge in [0.15, 0.2) is 0 Å². The Morgan fingerprint density at radius 1 is 1.03 bits per heavy atom. The summed E-state index contributed by atoms with van der Waals surface area (Å²) in [6.07, 6.45) is -0.541. The van der Waals surface area contributed by atoms with Gasteiger partial charge >= 0.3 is 0 Å². The molecular weight excluding hydrogens is 404 g/mol. The van der Waals surface area contributed by atoms with Crippen molar-refractivity contribution in [1.29, 1.82) is 0 Å². The summed E-state index contributed by atoms with van der Waals surface area (Å²) < 4.78 is 16.4. The summed E-state index contributed by atoms with van der Waals surface area (Å²) >= 11 is 6.16. The Kier molecular flexibility index (Phi) is 8.22. The number of hydrogen-bond donors (Lipinski definition) is 1. The Morgan fingerprint density at radius 2 is 1.80 bits per heavy atom. The second kappa shape index (κ2) is 10.9. The van der Waals surface area contributed by atoms with Gasteiger partial charge in [-0.2, -0.15) is 0 Å². The Balaban J connectivity index is 1.43. The molecule has 30 heavy (non-hydrogen) atoms. The topological polar surface area (TPSA) is 54.4 Å². The molecular formula is C23H31ClN2O4.